The lowest BCUT2D eigenvalue weighted by molar-refractivity contribution is -0.115. The van der Waals surface area contributed by atoms with Gasteiger partial charge in [0.15, 0.2) is 11.6 Å². The molecular weight excluding hydrogens is 302 g/mol. The zero-order valence-electron chi connectivity index (χ0n) is 12.4. The molecule has 0 saturated carbocycles. The van der Waals surface area contributed by atoms with Gasteiger partial charge >= 0.3 is 0 Å². The number of Topliss-reactive ketones (excluding diaryl/α,β-unsaturated/α-hetero) is 2. The van der Waals surface area contributed by atoms with Crippen LogP contribution in [0.1, 0.15) is 30.1 Å². The van der Waals surface area contributed by atoms with Gasteiger partial charge < -0.3 is 4.74 Å². The van der Waals surface area contributed by atoms with E-state index in [1.807, 2.05) is 0 Å². The van der Waals surface area contributed by atoms with Gasteiger partial charge in [0.1, 0.15) is 16.5 Å². The molecule has 1 aromatic carbocycles. The second-order valence-electron chi connectivity index (χ2n) is 4.24. The molecule has 5 heteroatoms. The number of ether oxygens (including phenoxy) is 1. The summed E-state index contributed by atoms with van der Waals surface area (Å²) in [5.74, 6) is 2.09. The van der Waals surface area contributed by atoms with Crippen molar-refractivity contribution in [1.82, 2.24) is 0 Å². The van der Waals surface area contributed by atoms with Gasteiger partial charge in [-0.1, -0.05) is 29.7 Å². The summed E-state index contributed by atoms with van der Waals surface area (Å²) in [5, 5.41) is -0.0622. The fraction of sp³-hybridized carbons (Fsp3) is 0.235. The van der Waals surface area contributed by atoms with Crippen LogP contribution in [0.3, 0.4) is 0 Å². The SMILES string of the molecule is C#C/C(Cl)=C(\N=CC)C(=O)CCC(=O)c1ccccc1OC. The Bertz CT molecular complexity index is 669. The number of para-hydroxylation sites is 1. The average Bonchev–Trinajstić information content (AvgIpc) is 2.56. The van der Waals surface area contributed by atoms with Crippen LogP contribution in [0.2, 0.25) is 0 Å². The molecule has 4 nitrogen and oxygen atoms in total. The minimum Gasteiger partial charge on any atom is -0.496 e. The van der Waals surface area contributed by atoms with E-state index in [2.05, 4.69) is 10.9 Å². The summed E-state index contributed by atoms with van der Waals surface area (Å²) in [7, 11) is 1.49. The van der Waals surface area contributed by atoms with Crippen LogP contribution in [0.15, 0.2) is 40.0 Å². The van der Waals surface area contributed by atoms with Crippen LogP contribution < -0.4 is 4.74 Å². The predicted octanol–water partition coefficient (Wildman–Crippen LogP) is 3.40. The summed E-state index contributed by atoms with van der Waals surface area (Å²) in [6, 6.07) is 6.85. The number of benzene rings is 1. The Morgan fingerprint density at radius 1 is 1.36 bits per heavy atom. The third-order valence-electron chi connectivity index (χ3n) is 2.84. The number of aliphatic imine (C=N–C) groups is 1. The fourth-order valence-electron chi connectivity index (χ4n) is 1.80. The summed E-state index contributed by atoms with van der Waals surface area (Å²) in [5.41, 5.74) is 0.435. The molecule has 0 radical (unpaired) electrons. The van der Waals surface area contributed by atoms with Crippen molar-refractivity contribution in [2.24, 2.45) is 4.99 Å². The first-order valence-electron chi connectivity index (χ1n) is 6.59. The molecule has 0 atom stereocenters. The summed E-state index contributed by atoms with van der Waals surface area (Å²) in [4.78, 5) is 28.2. The van der Waals surface area contributed by atoms with Crippen molar-refractivity contribution >= 4 is 29.4 Å². The van der Waals surface area contributed by atoms with Gasteiger partial charge in [-0.2, -0.15) is 0 Å². The van der Waals surface area contributed by atoms with Crippen LogP contribution in [0.5, 0.6) is 5.75 Å². The van der Waals surface area contributed by atoms with Gasteiger partial charge in [-0.15, -0.1) is 6.42 Å². The third kappa shape index (κ3) is 4.57. The van der Waals surface area contributed by atoms with E-state index in [-0.39, 0.29) is 35.1 Å². The molecule has 1 aromatic rings. The largest absolute Gasteiger partial charge is 0.496 e. The Balaban J connectivity index is 2.83. The van der Waals surface area contributed by atoms with Crippen molar-refractivity contribution in [2.75, 3.05) is 7.11 Å². The van der Waals surface area contributed by atoms with Gasteiger partial charge in [-0.3, -0.25) is 14.6 Å². The molecule has 22 heavy (non-hydrogen) atoms. The van der Waals surface area contributed by atoms with Crippen LogP contribution >= 0.6 is 11.6 Å². The van der Waals surface area contributed by atoms with E-state index in [0.29, 0.717) is 11.3 Å². The summed E-state index contributed by atoms with van der Waals surface area (Å²) in [6.07, 6.45) is 6.60. The highest BCUT2D eigenvalue weighted by Gasteiger charge is 2.17. The molecule has 0 aliphatic rings. The third-order valence-corrected chi connectivity index (χ3v) is 3.13. The first-order valence-corrected chi connectivity index (χ1v) is 6.97. The van der Waals surface area contributed by atoms with E-state index in [4.69, 9.17) is 22.8 Å². The summed E-state index contributed by atoms with van der Waals surface area (Å²) in [6.45, 7) is 1.65. The molecule has 0 bridgehead atoms. The molecule has 1 rings (SSSR count). The number of halogens is 1. The van der Waals surface area contributed by atoms with Crippen molar-refractivity contribution < 1.29 is 14.3 Å². The van der Waals surface area contributed by atoms with Crippen molar-refractivity contribution in [3.05, 3.63) is 40.6 Å². The molecule has 0 aliphatic heterocycles. The Kier molecular flexibility index (Phi) is 7.07. The predicted molar refractivity (Wildman–Crippen MR) is 87.4 cm³/mol. The Morgan fingerprint density at radius 2 is 2.05 bits per heavy atom. The Hall–Kier alpha value is -2.38. The number of terminal acetylenes is 1. The van der Waals surface area contributed by atoms with Crippen molar-refractivity contribution in [2.45, 2.75) is 19.8 Å². The van der Waals surface area contributed by atoms with E-state index in [1.165, 1.54) is 13.3 Å². The van der Waals surface area contributed by atoms with E-state index in [0.717, 1.165) is 0 Å². The molecule has 0 saturated heterocycles. The van der Waals surface area contributed by atoms with Crippen LogP contribution in [0.4, 0.5) is 0 Å². The van der Waals surface area contributed by atoms with Crippen LogP contribution in [-0.2, 0) is 4.79 Å². The second kappa shape index (κ2) is 8.81. The number of nitrogens with zero attached hydrogens (tertiary/aromatic N) is 1. The normalized spacial score (nSPS) is 11.7. The van der Waals surface area contributed by atoms with Gasteiger partial charge in [0, 0.05) is 19.1 Å². The first kappa shape index (κ1) is 17.7. The monoisotopic (exact) mass is 317 g/mol. The highest BCUT2D eigenvalue weighted by atomic mass is 35.5. The smallest absolute Gasteiger partial charge is 0.183 e. The molecule has 0 amide bonds. The molecule has 0 aliphatic carbocycles. The topological polar surface area (TPSA) is 55.7 Å². The molecule has 0 N–H and O–H groups in total. The molecule has 0 spiro atoms. The van der Waals surface area contributed by atoms with Gasteiger partial charge in [-0.25, -0.2) is 0 Å². The molecule has 0 heterocycles. The first-order chi connectivity index (χ1) is 10.5. The molecular formula is C17H16ClNO3. The van der Waals surface area contributed by atoms with E-state index < -0.39 is 0 Å². The number of rotatable bonds is 7. The zero-order chi connectivity index (χ0) is 16.5. The molecule has 114 valence electrons. The minimum atomic E-state index is -0.371. The van der Waals surface area contributed by atoms with Crippen LogP contribution in [-0.4, -0.2) is 24.9 Å². The quantitative estimate of drug-likeness (QED) is 0.335. The lowest BCUT2D eigenvalue weighted by atomic mass is 10.0. The van der Waals surface area contributed by atoms with Gasteiger partial charge in [0.25, 0.3) is 0 Å². The summed E-state index contributed by atoms with van der Waals surface area (Å²) >= 11 is 5.79. The fourth-order valence-corrected chi connectivity index (χ4v) is 1.96. The average molecular weight is 318 g/mol. The van der Waals surface area contributed by atoms with Crippen molar-refractivity contribution in [1.29, 1.82) is 0 Å². The number of hydrogen-bond donors (Lipinski definition) is 0. The van der Waals surface area contributed by atoms with Crippen molar-refractivity contribution in [3.63, 3.8) is 0 Å². The Morgan fingerprint density at radius 3 is 2.64 bits per heavy atom. The van der Waals surface area contributed by atoms with Crippen molar-refractivity contribution in [3.8, 4) is 18.1 Å². The standard InChI is InChI=1S/C17H16ClNO3/c1-4-13(18)17(19-5-2)15(21)11-10-14(20)12-8-6-7-9-16(12)22-3/h1,5-9H,10-11H2,2-3H3/b17-13+,19-5?. The lowest BCUT2D eigenvalue weighted by Gasteiger charge is -2.07. The second-order valence-corrected chi connectivity index (χ2v) is 4.62. The maximum atomic E-state index is 12.2. The Labute approximate surface area is 134 Å². The maximum absolute atomic E-state index is 12.2. The molecule has 0 unspecified atom stereocenters. The summed E-state index contributed by atoms with van der Waals surface area (Å²) < 4.78 is 5.13. The van der Waals surface area contributed by atoms with Gasteiger partial charge in [0.05, 0.1) is 12.7 Å². The van der Waals surface area contributed by atoms with Crippen LogP contribution in [0.25, 0.3) is 0 Å². The van der Waals surface area contributed by atoms with Gasteiger partial charge in [0.2, 0.25) is 0 Å². The van der Waals surface area contributed by atoms with E-state index >= 15 is 0 Å². The number of allylic oxidation sites excluding steroid dienone is 2. The number of carbonyl (C=O) groups excluding carboxylic acids is 2. The lowest BCUT2D eigenvalue weighted by Crippen LogP contribution is -2.08. The number of hydrogen-bond acceptors (Lipinski definition) is 4. The van der Waals surface area contributed by atoms with E-state index in [1.54, 1.807) is 31.2 Å². The van der Waals surface area contributed by atoms with E-state index in [9.17, 15) is 9.59 Å². The number of carbonyl (C=O) groups is 2. The number of ketones is 2. The highest BCUT2D eigenvalue weighted by molar-refractivity contribution is 6.34. The molecule has 0 fully saturated rings. The minimum absolute atomic E-state index is 0.000469. The zero-order valence-corrected chi connectivity index (χ0v) is 13.2. The highest BCUT2D eigenvalue weighted by Crippen LogP contribution is 2.21. The number of methoxy groups -OCH3 is 1. The van der Waals surface area contributed by atoms with Gasteiger partial charge in [-0.05, 0) is 19.1 Å². The maximum Gasteiger partial charge on any atom is 0.183 e. The molecule has 0 aromatic heterocycles. The van der Waals surface area contributed by atoms with Crippen LogP contribution in [0, 0.1) is 12.3 Å².